The van der Waals surface area contributed by atoms with E-state index in [0.717, 1.165) is 25.7 Å². The lowest BCUT2D eigenvalue weighted by atomic mass is 10.0. The van der Waals surface area contributed by atoms with Crippen LogP contribution in [0, 0.1) is 0 Å². The normalized spacial score (nSPS) is 26.4. The van der Waals surface area contributed by atoms with Crippen LogP contribution < -0.4 is 19.5 Å². The van der Waals surface area contributed by atoms with Crippen molar-refractivity contribution < 1.29 is 17.9 Å². The van der Waals surface area contributed by atoms with Crippen LogP contribution in [-0.2, 0) is 10.0 Å². The Kier molecular flexibility index (Phi) is 5.78. The predicted molar refractivity (Wildman–Crippen MR) is 90.1 cm³/mol. The van der Waals surface area contributed by atoms with Crippen LogP contribution in [0.1, 0.15) is 25.7 Å². The van der Waals surface area contributed by atoms with Gasteiger partial charge in [-0.05, 0) is 37.8 Å². The Balaban J connectivity index is 0.00000192. The van der Waals surface area contributed by atoms with Gasteiger partial charge in [-0.3, -0.25) is 0 Å². The van der Waals surface area contributed by atoms with Gasteiger partial charge < -0.3 is 14.8 Å². The van der Waals surface area contributed by atoms with Gasteiger partial charge in [-0.1, -0.05) is 0 Å². The molecule has 0 aliphatic carbocycles. The number of sulfonamides is 1. The first-order chi connectivity index (χ1) is 10.5. The molecule has 0 radical (unpaired) electrons. The van der Waals surface area contributed by atoms with Crippen LogP contribution in [-0.4, -0.2) is 40.8 Å². The fourth-order valence-electron chi connectivity index (χ4n) is 3.42. The number of hydrogen-bond acceptors (Lipinski definition) is 5. The first kappa shape index (κ1) is 18.3. The number of rotatable bonds is 5. The number of ether oxygens (including phenoxy) is 2. The lowest BCUT2D eigenvalue weighted by Gasteiger charge is -2.29. The quantitative estimate of drug-likeness (QED) is 0.833. The summed E-state index contributed by atoms with van der Waals surface area (Å²) in [7, 11) is -0.535. The van der Waals surface area contributed by atoms with E-state index in [1.165, 1.54) is 20.3 Å². The van der Waals surface area contributed by atoms with Crippen molar-refractivity contribution in [2.75, 3.05) is 14.2 Å². The van der Waals surface area contributed by atoms with Gasteiger partial charge in [-0.2, -0.15) is 0 Å². The van der Waals surface area contributed by atoms with Crippen LogP contribution in [0.15, 0.2) is 23.1 Å². The molecule has 2 atom stereocenters. The Bertz CT molecular complexity index is 641. The van der Waals surface area contributed by atoms with Crippen LogP contribution in [0.2, 0.25) is 0 Å². The zero-order valence-corrected chi connectivity index (χ0v) is 14.9. The van der Waals surface area contributed by atoms with E-state index in [4.69, 9.17) is 9.47 Å². The third-order valence-corrected chi connectivity index (χ3v) is 5.98. The molecule has 2 heterocycles. The molecule has 0 aromatic heterocycles. The van der Waals surface area contributed by atoms with Crippen LogP contribution in [0.5, 0.6) is 11.5 Å². The molecule has 2 N–H and O–H groups in total. The minimum Gasteiger partial charge on any atom is -0.493 e. The van der Waals surface area contributed by atoms with Gasteiger partial charge in [-0.25, -0.2) is 13.1 Å². The van der Waals surface area contributed by atoms with Gasteiger partial charge in [-0.15, -0.1) is 12.4 Å². The summed E-state index contributed by atoms with van der Waals surface area (Å²) in [6.45, 7) is 0. The van der Waals surface area contributed by atoms with Gasteiger partial charge >= 0.3 is 0 Å². The summed E-state index contributed by atoms with van der Waals surface area (Å²) < 4.78 is 38.3. The maximum atomic E-state index is 12.6. The van der Waals surface area contributed by atoms with Crippen molar-refractivity contribution >= 4 is 22.4 Å². The summed E-state index contributed by atoms with van der Waals surface area (Å²) in [5.74, 6) is 0.928. The minimum absolute atomic E-state index is 0. The second-order valence-electron chi connectivity index (χ2n) is 5.94. The highest BCUT2D eigenvalue weighted by Gasteiger charge is 2.35. The monoisotopic (exact) mass is 362 g/mol. The molecule has 6 nitrogen and oxygen atoms in total. The second-order valence-corrected chi connectivity index (χ2v) is 7.66. The van der Waals surface area contributed by atoms with Crippen molar-refractivity contribution in [2.45, 2.75) is 48.7 Å². The van der Waals surface area contributed by atoms with Gasteiger partial charge in [0.25, 0.3) is 0 Å². The molecule has 3 rings (SSSR count). The standard InChI is InChI=1S/C15H22N2O4S.ClH/c1-20-14-6-5-13(9-15(14)21-2)22(18,19)17-12-7-10-3-4-11(8-12)16-10;/h5-6,9-12,16-17H,3-4,7-8H2,1-2H3;1H. The molecule has 1 aromatic rings. The van der Waals surface area contributed by atoms with Gasteiger partial charge in [0.2, 0.25) is 10.0 Å². The van der Waals surface area contributed by atoms with E-state index < -0.39 is 10.0 Å². The number of piperidine rings is 1. The molecule has 2 unspecified atom stereocenters. The fourth-order valence-corrected chi connectivity index (χ4v) is 4.70. The summed E-state index contributed by atoms with van der Waals surface area (Å²) >= 11 is 0. The van der Waals surface area contributed by atoms with Crippen LogP contribution >= 0.6 is 12.4 Å². The molecule has 2 aliphatic rings. The van der Waals surface area contributed by atoms with Gasteiger partial charge in [0.05, 0.1) is 19.1 Å². The Morgan fingerprint density at radius 1 is 1.09 bits per heavy atom. The Morgan fingerprint density at radius 2 is 1.70 bits per heavy atom. The number of fused-ring (bicyclic) bond motifs is 2. The molecule has 2 saturated heterocycles. The zero-order valence-electron chi connectivity index (χ0n) is 13.2. The van der Waals surface area contributed by atoms with E-state index >= 15 is 0 Å². The Labute approximate surface area is 143 Å². The van der Waals surface area contributed by atoms with Gasteiger partial charge in [0, 0.05) is 24.2 Å². The van der Waals surface area contributed by atoms with Crippen LogP contribution in [0.25, 0.3) is 0 Å². The molecule has 2 fully saturated rings. The first-order valence-corrected chi connectivity index (χ1v) is 9.00. The maximum absolute atomic E-state index is 12.6. The summed E-state index contributed by atoms with van der Waals surface area (Å²) in [5.41, 5.74) is 0. The number of benzene rings is 1. The SMILES string of the molecule is COc1ccc(S(=O)(=O)NC2CC3CCC(C2)N3)cc1OC.Cl. The van der Waals surface area contributed by atoms with Crippen molar-refractivity contribution in [1.82, 2.24) is 10.0 Å². The van der Waals surface area contributed by atoms with Crippen molar-refractivity contribution in [3.05, 3.63) is 18.2 Å². The van der Waals surface area contributed by atoms with E-state index in [9.17, 15) is 8.42 Å². The molecule has 2 bridgehead atoms. The van der Waals surface area contributed by atoms with Crippen molar-refractivity contribution in [1.29, 1.82) is 0 Å². The molecule has 0 spiro atoms. The Hall–Kier alpha value is -1.02. The Morgan fingerprint density at radius 3 is 2.26 bits per heavy atom. The summed E-state index contributed by atoms with van der Waals surface area (Å²) in [6, 6.07) is 5.53. The van der Waals surface area contributed by atoms with E-state index in [2.05, 4.69) is 10.0 Å². The average molecular weight is 363 g/mol. The second kappa shape index (κ2) is 7.25. The smallest absolute Gasteiger partial charge is 0.240 e. The molecular formula is C15H23ClN2O4S. The molecule has 0 amide bonds. The zero-order chi connectivity index (χ0) is 15.7. The van der Waals surface area contributed by atoms with Crippen molar-refractivity contribution in [2.24, 2.45) is 0 Å². The van der Waals surface area contributed by atoms with E-state index in [0.29, 0.717) is 23.6 Å². The van der Waals surface area contributed by atoms with Crippen LogP contribution in [0.3, 0.4) is 0 Å². The summed E-state index contributed by atoms with van der Waals surface area (Å²) in [6.07, 6.45) is 3.98. The molecule has 130 valence electrons. The number of methoxy groups -OCH3 is 2. The maximum Gasteiger partial charge on any atom is 0.240 e. The third-order valence-electron chi connectivity index (χ3n) is 4.46. The predicted octanol–water partition coefficient (Wildman–Crippen LogP) is 1.69. The van der Waals surface area contributed by atoms with Crippen molar-refractivity contribution in [3.63, 3.8) is 0 Å². The number of nitrogens with one attached hydrogen (secondary N) is 2. The lowest BCUT2D eigenvalue weighted by molar-refractivity contribution is 0.344. The highest BCUT2D eigenvalue weighted by Crippen LogP contribution is 2.31. The van der Waals surface area contributed by atoms with Gasteiger partial charge in [0.15, 0.2) is 11.5 Å². The van der Waals surface area contributed by atoms with E-state index in [1.807, 2.05) is 0 Å². The molecule has 23 heavy (non-hydrogen) atoms. The first-order valence-electron chi connectivity index (χ1n) is 7.52. The lowest BCUT2D eigenvalue weighted by Crippen LogP contribution is -2.47. The number of halogens is 1. The molecule has 1 aromatic carbocycles. The molecule has 8 heteroatoms. The number of hydrogen-bond donors (Lipinski definition) is 2. The molecule has 0 saturated carbocycles. The average Bonchev–Trinajstić information content (AvgIpc) is 2.85. The van der Waals surface area contributed by atoms with E-state index in [-0.39, 0.29) is 23.3 Å². The van der Waals surface area contributed by atoms with Crippen molar-refractivity contribution in [3.8, 4) is 11.5 Å². The fraction of sp³-hybridized carbons (Fsp3) is 0.600. The summed E-state index contributed by atoms with van der Waals surface area (Å²) in [5, 5.41) is 3.51. The molecular weight excluding hydrogens is 340 g/mol. The van der Waals surface area contributed by atoms with Gasteiger partial charge in [0.1, 0.15) is 0 Å². The minimum atomic E-state index is -3.55. The summed E-state index contributed by atoms with van der Waals surface area (Å²) in [4.78, 5) is 0.205. The topological polar surface area (TPSA) is 76.7 Å². The van der Waals surface area contributed by atoms with E-state index in [1.54, 1.807) is 12.1 Å². The third kappa shape index (κ3) is 3.91. The molecule has 2 aliphatic heterocycles. The largest absolute Gasteiger partial charge is 0.493 e. The van der Waals surface area contributed by atoms with Crippen LogP contribution in [0.4, 0.5) is 0 Å². The highest BCUT2D eigenvalue weighted by atomic mass is 35.5. The highest BCUT2D eigenvalue weighted by molar-refractivity contribution is 7.89.